The maximum Gasteiger partial charge on any atom is 0.148 e. The largest absolute Gasteiger partial charge is 0.392 e. The minimum absolute atomic E-state index is 0.0242. The second-order valence-electron chi connectivity index (χ2n) is 3.73. The number of hydrogen-bond donors (Lipinski definition) is 1. The highest BCUT2D eigenvalue weighted by molar-refractivity contribution is 6.31. The number of aliphatic hydroxyl groups excluding tert-OH is 1. The Morgan fingerprint density at radius 1 is 1.65 bits per heavy atom. The van der Waals surface area contributed by atoms with E-state index >= 15 is 0 Å². The van der Waals surface area contributed by atoms with Crippen molar-refractivity contribution in [2.24, 2.45) is 11.8 Å². The molecule has 1 aliphatic carbocycles. The van der Waals surface area contributed by atoms with Crippen LogP contribution in [-0.4, -0.2) is 23.8 Å². The summed E-state index contributed by atoms with van der Waals surface area (Å²) in [5.74, 6) is -2.51. The van der Waals surface area contributed by atoms with E-state index in [9.17, 15) is 14.0 Å². The van der Waals surface area contributed by atoms with E-state index in [0.717, 1.165) is 0 Å². The third-order valence-electron chi connectivity index (χ3n) is 2.55. The van der Waals surface area contributed by atoms with E-state index in [2.05, 4.69) is 0 Å². The van der Waals surface area contributed by atoms with Gasteiger partial charge in [0, 0.05) is 17.4 Å². The van der Waals surface area contributed by atoms with Gasteiger partial charge in [-0.2, -0.15) is 0 Å². The minimum atomic E-state index is -0.919. The molecule has 2 unspecified atom stereocenters. The SMILES string of the molecule is CC(=O)C1C=CC(Cl)=C(F)C1/C=C(\C=O)CO. The van der Waals surface area contributed by atoms with Gasteiger partial charge in [-0.1, -0.05) is 23.8 Å². The lowest BCUT2D eigenvalue weighted by molar-refractivity contribution is -0.120. The van der Waals surface area contributed by atoms with Crippen LogP contribution < -0.4 is 0 Å². The number of aldehydes is 1. The quantitative estimate of drug-likeness (QED) is 0.619. The molecule has 0 bridgehead atoms. The van der Waals surface area contributed by atoms with Crippen LogP contribution >= 0.6 is 11.6 Å². The van der Waals surface area contributed by atoms with Gasteiger partial charge >= 0.3 is 0 Å². The van der Waals surface area contributed by atoms with Crippen LogP contribution in [0.25, 0.3) is 0 Å². The number of carbonyl (C=O) groups is 2. The van der Waals surface area contributed by atoms with Crippen LogP contribution in [0.2, 0.25) is 0 Å². The molecule has 0 saturated carbocycles. The lowest BCUT2D eigenvalue weighted by Crippen LogP contribution is -2.22. The van der Waals surface area contributed by atoms with E-state index < -0.39 is 24.3 Å². The van der Waals surface area contributed by atoms with E-state index in [1.165, 1.54) is 25.2 Å². The van der Waals surface area contributed by atoms with Gasteiger partial charge in [-0.25, -0.2) is 4.39 Å². The van der Waals surface area contributed by atoms with Crippen molar-refractivity contribution in [3.8, 4) is 0 Å². The zero-order chi connectivity index (χ0) is 13.0. The first kappa shape index (κ1) is 13.8. The monoisotopic (exact) mass is 258 g/mol. The summed E-state index contributed by atoms with van der Waals surface area (Å²) in [4.78, 5) is 21.9. The molecule has 17 heavy (non-hydrogen) atoms. The molecule has 0 aromatic rings. The van der Waals surface area contributed by atoms with Crippen LogP contribution in [0.1, 0.15) is 6.92 Å². The fourth-order valence-electron chi connectivity index (χ4n) is 1.63. The second-order valence-corrected chi connectivity index (χ2v) is 4.14. The first-order valence-corrected chi connectivity index (χ1v) is 5.39. The molecule has 2 atom stereocenters. The zero-order valence-corrected chi connectivity index (χ0v) is 9.95. The molecular weight excluding hydrogens is 247 g/mol. The van der Waals surface area contributed by atoms with Crippen molar-refractivity contribution in [2.75, 3.05) is 6.61 Å². The highest BCUT2D eigenvalue weighted by Gasteiger charge is 2.30. The molecule has 1 N–H and O–H groups in total. The summed E-state index contributed by atoms with van der Waals surface area (Å²) >= 11 is 5.63. The molecule has 1 aliphatic rings. The van der Waals surface area contributed by atoms with Gasteiger partial charge in [-0.3, -0.25) is 9.59 Å². The number of allylic oxidation sites excluding steroid dienone is 5. The Balaban J connectivity index is 3.14. The Labute approximate surface area is 103 Å². The summed E-state index contributed by atoms with van der Waals surface area (Å²) in [6.45, 7) is 0.834. The smallest absolute Gasteiger partial charge is 0.148 e. The number of ketones is 1. The topological polar surface area (TPSA) is 54.4 Å². The maximum absolute atomic E-state index is 13.8. The van der Waals surface area contributed by atoms with E-state index in [4.69, 9.17) is 16.7 Å². The van der Waals surface area contributed by atoms with Gasteiger partial charge in [0.1, 0.15) is 17.9 Å². The van der Waals surface area contributed by atoms with Crippen LogP contribution in [0.15, 0.2) is 34.7 Å². The van der Waals surface area contributed by atoms with E-state index in [0.29, 0.717) is 6.29 Å². The highest BCUT2D eigenvalue weighted by Crippen LogP contribution is 2.34. The fourth-order valence-corrected chi connectivity index (χ4v) is 1.83. The summed E-state index contributed by atoms with van der Waals surface area (Å²) in [5, 5.41) is 8.77. The lowest BCUT2D eigenvalue weighted by Gasteiger charge is -2.22. The van der Waals surface area contributed by atoms with E-state index in [-0.39, 0.29) is 16.4 Å². The predicted octanol–water partition coefficient (Wildman–Crippen LogP) is 1.92. The molecule has 0 aromatic heterocycles. The van der Waals surface area contributed by atoms with Crippen molar-refractivity contribution in [1.82, 2.24) is 0 Å². The van der Waals surface area contributed by atoms with Gasteiger partial charge in [0.05, 0.1) is 11.6 Å². The van der Waals surface area contributed by atoms with Gasteiger partial charge < -0.3 is 5.11 Å². The normalized spacial score (nSPS) is 25.1. The molecule has 0 saturated heterocycles. The van der Waals surface area contributed by atoms with Gasteiger partial charge in [-0.05, 0) is 13.0 Å². The van der Waals surface area contributed by atoms with Crippen LogP contribution in [0.4, 0.5) is 4.39 Å². The molecule has 92 valence electrons. The standard InChI is InChI=1S/C12H12ClFO3/c1-7(17)9-2-3-11(13)12(14)10(9)4-8(5-15)6-16/h2-5,9-10,16H,6H2,1H3/b8-4+. The first-order valence-electron chi connectivity index (χ1n) is 5.01. The Kier molecular flexibility index (Phi) is 4.78. The number of Topliss-reactive ketones (excluding diaryl/α,β-unsaturated/α-hetero) is 1. The van der Waals surface area contributed by atoms with Crippen molar-refractivity contribution < 1.29 is 19.1 Å². The number of carbonyl (C=O) groups excluding carboxylic acids is 2. The fraction of sp³-hybridized carbons (Fsp3) is 0.333. The van der Waals surface area contributed by atoms with Crippen molar-refractivity contribution >= 4 is 23.7 Å². The minimum Gasteiger partial charge on any atom is -0.392 e. The molecule has 0 fully saturated rings. The number of hydrogen-bond acceptors (Lipinski definition) is 3. The Morgan fingerprint density at radius 3 is 2.76 bits per heavy atom. The molecule has 0 radical (unpaired) electrons. The molecule has 0 aromatic carbocycles. The molecular formula is C12H12ClFO3. The van der Waals surface area contributed by atoms with E-state index in [1.807, 2.05) is 0 Å². The first-order chi connectivity index (χ1) is 8.01. The Bertz CT molecular complexity index is 423. The van der Waals surface area contributed by atoms with Gasteiger partial charge in [-0.15, -0.1) is 0 Å². The highest BCUT2D eigenvalue weighted by atomic mass is 35.5. The van der Waals surface area contributed by atoms with Crippen molar-refractivity contribution in [3.63, 3.8) is 0 Å². The number of rotatable bonds is 4. The molecule has 0 aliphatic heterocycles. The van der Waals surface area contributed by atoms with Gasteiger partial charge in [0.15, 0.2) is 0 Å². The van der Waals surface area contributed by atoms with Gasteiger partial charge in [0.2, 0.25) is 0 Å². The second kappa shape index (κ2) is 5.89. The van der Waals surface area contributed by atoms with Crippen LogP contribution in [0.5, 0.6) is 0 Å². The Morgan fingerprint density at radius 2 is 2.29 bits per heavy atom. The van der Waals surface area contributed by atoms with Crippen LogP contribution in [0.3, 0.4) is 0 Å². The molecule has 1 rings (SSSR count). The summed E-state index contributed by atoms with van der Waals surface area (Å²) in [5.41, 5.74) is 0.0242. The number of halogens is 2. The average Bonchev–Trinajstić information content (AvgIpc) is 2.30. The van der Waals surface area contributed by atoms with E-state index in [1.54, 1.807) is 0 Å². The molecule has 0 heterocycles. The van der Waals surface area contributed by atoms with Crippen molar-refractivity contribution in [1.29, 1.82) is 0 Å². The molecule has 0 amide bonds. The molecule has 0 spiro atoms. The average molecular weight is 259 g/mol. The summed E-state index contributed by atoms with van der Waals surface area (Å²) < 4.78 is 13.8. The van der Waals surface area contributed by atoms with Crippen molar-refractivity contribution in [3.05, 3.63) is 34.7 Å². The van der Waals surface area contributed by atoms with Crippen molar-refractivity contribution in [2.45, 2.75) is 6.92 Å². The summed E-state index contributed by atoms with van der Waals surface area (Å²) in [6.07, 6.45) is 4.48. The molecule has 5 heteroatoms. The third-order valence-corrected chi connectivity index (χ3v) is 2.86. The maximum atomic E-state index is 13.8. The molecule has 3 nitrogen and oxygen atoms in total. The zero-order valence-electron chi connectivity index (χ0n) is 9.19. The van der Waals surface area contributed by atoms with Crippen LogP contribution in [0, 0.1) is 11.8 Å². The lowest BCUT2D eigenvalue weighted by atomic mass is 9.83. The Hall–Kier alpha value is -1.26. The summed E-state index contributed by atoms with van der Waals surface area (Å²) in [6, 6.07) is 0. The summed E-state index contributed by atoms with van der Waals surface area (Å²) in [7, 11) is 0. The predicted molar refractivity (Wildman–Crippen MR) is 62.0 cm³/mol. The van der Waals surface area contributed by atoms with Crippen LogP contribution in [-0.2, 0) is 9.59 Å². The number of aliphatic hydroxyl groups is 1. The van der Waals surface area contributed by atoms with Gasteiger partial charge in [0.25, 0.3) is 0 Å². The third kappa shape index (κ3) is 3.11.